The average Bonchev–Trinajstić information content (AvgIpc) is 3.13. The number of benzene rings is 1. The maximum atomic E-state index is 12.4. The highest BCUT2D eigenvalue weighted by Gasteiger charge is 2.22. The van der Waals surface area contributed by atoms with E-state index in [1.165, 1.54) is 0 Å². The molecule has 136 valence electrons. The Morgan fingerprint density at radius 3 is 2.65 bits per heavy atom. The van der Waals surface area contributed by atoms with E-state index in [1.54, 1.807) is 24.6 Å². The standard InChI is InChI=1S/C20H22N2O4/c1-13-11-16-18(25-13)12-17(22(16)3)20(24)26-14(2)19(23)21-10-9-15-7-5-4-6-8-15/h4-8,11-12,14H,9-10H2,1-3H3,(H,21,23). The van der Waals surface area contributed by atoms with Crippen molar-refractivity contribution in [3.63, 3.8) is 0 Å². The summed E-state index contributed by atoms with van der Waals surface area (Å²) in [5.74, 6) is -0.0954. The minimum Gasteiger partial charge on any atom is -0.460 e. The fourth-order valence-electron chi connectivity index (χ4n) is 2.82. The fourth-order valence-corrected chi connectivity index (χ4v) is 2.82. The highest BCUT2D eigenvalue weighted by molar-refractivity contribution is 5.95. The molecule has 6 heteroatoms. The Morgan fingerprint density at radius 1 is 1.23 bits per heavy atom. The number of fused-ring (bicyclic) bond motifs is 1. The molecule has 1 aromatic carbocycles. The summed E-state index contributed by atoms with van der Waals surface area (Å²) in [4.78, 5) is 24.5. The van der Waals surface area contributed by atoms with Gasteiger partial charge in [-0.05, 0) is 25.8 Å². The molecule has 0 bridgehead atoms. The van der Waals surface area contributed by atoms with E-state index < -0.39 is 12.1 Å². The van der Waals surface area contributed by atoms with E-state index in [9.17, 15) is 9.59 Å². The van der Waals surface area contributed by atoms with E-state index in [2.05, 4.69) is 5.32 Å². The Labute approximate surface area is 151 Å². The third kappa shape index (κ3) is 3.79. The molecule has 0 saturated carbocycles. The van der Waals surface area contributed by atoms with Crippen molar-refractivity contribution in [3.05, 3.63) is 59.5 Å². The maximum Gasteiger partial charge on any atom is 0.355 e. The zero-order valence-corrected chi connectivity index (χ0v) is 15.1. The van der Waals surface area contributed by atoms with Crippen LogP contribution in [0.4, 0.5) is 0 Å². The van der Waals surface area contributed by atoms with Crippen LogP contribution in [0, 0.1) is 6.92 Å². The number of nitrogens with zero attached hydrogens (tertiary/aromatic N) is 1. The number of amides is 1. The summed E-state index contributed by atoms with van der Waals surface area (Å²) in [6.07, 6.45) is -0.151. The van der Waals surface area contributed by atoms with E-state index in [4.69, 9.17) is 9.15 Å². The highest BCUT2D eigenvalue weighted by Crippen LogP contribution is 2.23. The Balaban J connectivity index is 1.55. The van der Waals surface area contributed by atoms with Crippen LogP contribution in [0.1, 0.15) is 28.7 Å². The number of rotatable bonds is 6. The van der Waals surface area contributed by atoms with E-state index in [0.717, 1.165) is 23.3 Å². The Bertz CT molecular complexity index is 924. The van der Waals surface area contributed by atoms with Crippen LogP contribution in [0.25, 0.3) is 11.1 Å². The second-order valence-electron chi connectivity index (χ2n) is 6.27. The second kappa shape index (κ2) is 7.47. The quantitative estimate of drug-likeness (QED) is 0.691. The summed E-state index contributed by atoms with van der Waals surface area (Å²) in [6, 6.07) is 13.4. The van der Waals surface area contributed by atoms with Gasteiger partial charge in [0.05, 0.1) is 5.52 Å². The van der Waals surface area contributed by atoms with Crippen molar-refractivity contribution in [2.75, 3.05) is 6.54 Å². The molecule has 0 saturated heterocycles. The third-order valence-electron chi connectivity index (χ3n) is 4.27. The summed E-state index contributed by atoms with van der Waals surface area (Å²) in [5, 5.41) is 2.79. The molecule has 1 amide bonds. The fraction of sp³-hybridized carbons (Fsp3) is 0.300. The molecule has 0 aliphatic heterocycles. The van der Waals surface area contributed by atoms with Gasteiger partial charge < -0.3 is 19.0 Å². The molecule has 2 aromatic heterocycles. The lowest BCUT2D eigenvalue weighted by atomic mass is 10.1. The number of aromatic nitrogens is 1. The van der Waals surface area contributed by atoms with Crippen molar-refractivity contribution < 1.29 is 18.7 Å². The lowest BCUT2D eigenvalue weighted by Gasteiger charge is -2.14. The molecule has 26 heavy (non-hydrogen) atoms. The van der Waals surface area contributed by atoms with Crippen LogP contribution in [0.3, 0.4) is 0 Å². The first-order valence-corrected chi connectivity index (χ1v) is 8.54. The van der Waals surface area contributed by atoms with Crippen LogP contribution in [0.15, 0.2) is 46.9 Å². The number of furan rings is 1. The molecule has 6 nitrogen and oxygen atoms in total. The number of esters is 1. The van der Waals surface area contributed by atoms with Crippen LogP contribution in [0.5, 0.6) is 0 Å². The van der Waals surface area contributed by atoms with E-state index in [1.807, 2.05) is 43.3 Å². The smallest absolute Gasteiger partial charge is 0.355 e. The van der Waals surface area contributed by atoms with Gasteiger partial charge in [0.2, 0.25) is 0 Å². The number of ether oxygens (including phenoxy) is 1. The van der Waals surface area contributed by atoms with E-state index in [-0.39, 0.29) is 5.91 Å². The lowest BCUT2D eigenvalue weighted by Crippen LogP contribution is -2.37. The SMILES string of the molecule is Cc1cc2c(cc(C(=O)OC(C)C(=O)NCCc3ccccc3)n2C)o1. The van der Waals surface area contributed by atoms with Gasteiger partial charge in [0.25, 0.3) is 5.91 Å². The predicted molar refractivity (Wildman–Crippen MR) is 98.0 cm³/mol. The molecular formula is C20H22N2O4. The second-order valence-corrected chi connectivity index (χ2v) is 6.27. The molecule has 0 fully saturated rings. The molecule has 2 heterocycles. The number of hydrogen-bond donors (Lipinski definition) is 1. The van der Waals surface area contributed by atoms with Gasteiger partial charge in [-0.2, -0.15) is 0 Å². The van der Waals surface area contributed by atoms with Crippen LogP contribution >= 0.6 is 0 Å². The number of aryl methyl sites for hydroxylation is 2. The summed E-state index contributed by atoms with van der Waals surface area (Å²) in [6.45, 7) is 3.90. The van der Waals surface area contributed by atoms with Crippen molar-refractivity contribution in [1.29, 1.82) is 0 Å². The first-order chi connectivity index (χ1) is 12.5. The monoisotopic (exact) mass is 354 g/mol. The molecular weight excluding hydrogens is 332 g/mol. The molecule has 0 radical (unpaired) electrons. The van der Waals surface area contributed by atoms with E-state index >= 15 is 0 Å². The molecule has 0 aliphatic rings. The van der Waals surface area contributed by atoms with Gasteiger partial charge in [-0.3, -0.25) is 4.79 Å². The molecule has 0 aliphatic carbocycles. The van der Waals surface area contributed by atoms with Crippen molar-refractivity contribution in [1.82, 2.24) is 9.88 Å². The van der Waals surface area contributed by atoms with Crippen molar-refractivity contribution >= 4 is 23.0 Å². The first kappa shape index (κ1) is 17.8. The van der Waals surface area contributed by atoms with Crippen molar-refractivity contribution in [3.8, 4) is 0 Å². The lowest BCUT2D eigenvalue weighted by molar-refractivity contribution is -0.129. The van der Waals surface area contributed by atoms with Gasteiger partial charge in [0.1, 0.15) is 11.5 Å². The van der Waals surface area contributed by atoms with Gasteiger partial charge >= 0.3 is 5.97 Å². The molecule has 3 aromatic rings. The van der Waals surface area contributed by atoms with E-state index in [0.29, 0.717) is 17.8 Å². The predicted octanol–water partition coefficient (Wildman–Crippen LogP) is 2.98. The number of nitrogens with one attached hydrogen (secondary N) is 1. The minimum absolute atomic E-state index is 0.317. The zero-order valence-electron chi connectivity index (χ0n) is 15.1. The largest absolute Gasteiger partial charge is 0.460 e. The minimum atomic E-state index is -0.874. The normalized spacial score (nSPS) is 12.1. The number of carbonyl (C=O) groups excluding carboxylic acids is 2. The van der Waals surface area contributed by atoms with Gasteiger partial charge in [0.15, 0.2) is 11.7 Å². The van der Waals surface area contributed by atoms with Crippen LogP contribution in [-0.4, -0.2) is 29.1 Å². The molecule has 0 spiro atoms. The number of carbonyl (C=O) groups is 2. The molecule has 1 unspecified atom stereocenters. The van der Waals surface area contributed by atoms with Crippen LogP contribution in [0.2, 0.25) is 0 Å². The first-order valence-electron chi connectivity index (χ1n) is 8.54. The highest BCUT2D eigenvalue weighted by atomic mass is 16.5. The average molecular weight is 354 g/mol. The Morgan fingerprint density at radius 2 is 1.96 bits per heavy atom. The summed E-state index contributed by atoms with van der Waals surface area (Å²) < 4.78 is 12.5. The summed E-state index contributed by atoms with van der Waals surface area (Å²) >= 11 is 0. The van der Waals surface area contributed by atoms with Gasteiger partial charge in [-0.1, -0.05) is 30.3 Å². The zero-order chi connectivity index (χ0) is 18.7. The molecule has 1 atom stereocenters. The van der Waals surface area contributed by atoms with Gasteiger partial charge in [-0.15, -0.1) is 0 Å². The Hall–Kier alpha value is -3.02. The molecule has 3 rings (SSSR count). The van der Waals surface area contributed by atoms with Crippen molar-refractivity contribution in [2.45, 2.75) is 26.4 Å². The Kier molecular flexibility index (Phi) is 5.11. The summed E-state index contributed by atoms with van der Waals surface area (Å²) in [5.41, 5.74) is 2.92. The number of hydrogen-bond acceptors (Lipinski definition) is 4. The van der Waals surface area contributed by atoms with Gasteiger partial charge in [0, 0.05) is 25.7 Å². The molecule has 1 N–H and O–H groups in total. The van der Waals surface area contributed by atoms with Crippen molar-refractivity contribution in [2.24, 2.45) is 7.05 Å². The third-order valence-corrected chi connectivity index (χ3v) is 4.27. The van der Waals surface area contributed by atoms with Crippen LogP contribution < -0.4 is 5.32 Å². The van der Waals surface area contributed by atoms with Gasteiger partial charge in [-0.25, -0.2) is 4.79 Å². The summed E-state index contributed by atoms with van der Waals surface area (Å²) in [7, 11) is 1.76. The van der Waals surface area contributed by atoms with Crippen LogP contribution in [-0.2, 0) is 23.0 Å². The topological polar surface area (TPSA) is 73.5 Å². The maximum absolute atomic E-state index is 12.4.